The van der Waals surface area contributed by atoms with E-state index in [0.29, 0.717) is 22.9 Å². The highest BCUT2D eigenvalue weighted by Gasteiger charge is 2.08. The predicted octanol–water partition coefficient (Wildman–Crippen LogP) is 2.98. The van der Waals surface area contributed by atoms with E-state index < -0.39 is 0 Å². The molecule has 1 N–H and O–H groups in total. The van der Waals surface area contributed by atoms with Gasteiger partial charge < -0.3 is 5.32 Å². The average Bonchev–Trinajstić information content (AvgIpc) is 2.07. The molecule has 1 rings (SSSR count). The normalized spacial score (nSPS) is 12.9. The lowest BCUT2D eigenvalue weighted by atomic mass is 10.1. The van der Waals surface area contributed by atoms with Crippen LogP contribution in [0.5, 0.6) is 0 Å². The molecule has 1 atom stereocenters. The van der Waals surface area contributed by atoms with Crippen molar-refractivity contribution in [3.05, 3.63) is 17.5 Å². The molecule has 1 heterocycles. The lowest BCUT2D eigenvalue weighted by Gasteiger charge is -2.16. The Labute approximate surface area is 89.9 Å². The van der Waals surface area contributed by atoms with Crippen LogP contribution in [0.4, 0.5) is 5.82 Å². The number of nitrogens with one attached hydrogen (secondary N) is 1. The van der Waals surface area contributed by atoms with Crippen LogP contribution in [0.1, 0.15) is 27.2 Å². The lowest BCUT2D eigenvalue weighted by molar-refractivity contribution is 0.538. The van der Waals surface area contributed by atoms with E-state index in [0.717, 1.165) is 6.42 Å². The van der Waals surface area contributed by atoms with Crippen LogP contribution in [0.2, 0.25) is 5.15 Å². The number of halogens is 1. The van der Waals surface area contributed by atoms with Crippen LogP contribution < -0.4 is 5.32 Å². The molecule has 0 aliphatic rings. The molecule has 1 unspecified atom stereocenters. The molecule has 0 saturated heterocycles. The van der Waals surface area contributed by atoms with Gasteiger partial charge >= 0.3 is 0 Å². The van der Waals surface area contributed by atoms with Crippen molar-refractivity contribution < 1.29 is 0 Å². The fourth-order valence-corrected chi connectivity index (χ4v) is 1.58. The summed E-state index contributed by atoms with van der Waals surface area (Å²) < 4.78 is 0. The molecule has 3 nitrogen and oxygen atoms in total. The maximum Gasteiger partial charge on any atom is 0.171 e. The van der Waals surface area contributed by atoms with Crippen LogP contribution in [0, 0.1) is 5.92 Å². The van der Waals surface area contributed by atoms with Gasteiger partial charge in [-0.1, -0.05) is 25.4 Å². The first-order valence-electron chi connectivity index (χ1n) is 4.82. The van der Waals surface area contributed by atoms with Crippen molar-refractivity contribution in [3.63, 3.8) is 0 Å². The Bertz CT molecular complexity index is 288. The second-order valence-electron chi connectivity index (χ2n) is 3.87. The number of hydrogen-bond acceptors (Lipinski definition) is 3. The molecule has 0 fully saturated rings. The molecule has 0 bridgehead atoms. The molecule has 0 amide bonds. The summed E-state index contributed by atoms with van der Waals surface area (Å²) in [7, 11) is 0. The summed E-state index contributed by atoms with van der Waals surface area (Å²) >= 11 is 5.87. The van der Waals surface area contributed by atoms with Gasteiger partial charge in [0.25, 0.3) is 0 Å². The summed E-state index contributed by atoms with van der Waals surface area (Å²) in [5.74, 6) is 1.33. The first kappa shape index (κ1) is 11.2. The summed E-state index contributed by atoms with van der Waals surface area (Å²) in [6, 6.07) is 0.365. The molecule has 1 aromatic heterocycles. The number of rotatable bonds is 4. The van der Waals surface area contributed by atoms with E-state index >= 15 is 0 Å². The molecule has 0 saturated carbocycles. The number of aromatic nitrogens is 2. The second kappa shape index (κ2) is 5.15. The molecule has 0 aliphatic carbocycles. The van der Waals surface area contributed by atoms with E-state index in [1.54, 1.807) is 12.4 Å². The summed E-state index contributed by atoms with van der Waals surface area (Å²) in [6.07, 6.45) is 4.31. The Morgan fingerprint density at radius 2 is 1.93 bits per heavy atom. The third kappa shape index (κ3) is 3.50. The first-order chi connectivity index (χ1) is 6.59. The number of anilines is 1. The molecular weight excluding hydrogens is 198 g/mol. The van der Waals surface area contributed by atoms with E-state index in [1.165, 1.54) is 0 Å². The van der Waals surface area contributed by atoms with E-state index in [4.69, 9.17) is 11.6 Å². The smallest absolute Gasteiger partial charge is 0.171 e. The first-order valence-corrected chi connectivity index (χ1v) is 5.20. The highest BCUT2D eigenvalue weighted by Crippen LogP contribution is 2.17. The zero-order valence-electron chi connectivity index (χ0n) is 8.79. The van der Waals surface area contributed by atoms with Crippen LogP contribution in [0.3, 0.4) is 0 Å². The van der Waals surface area contributed by atoms with Crippen molar-refractivity contribution in [1.82, 2.24) is 9.97 Å². The molecule has 14 heavy (non-hydrogen) atoms. The SMILES string of the molecule is CC(C)CC(C)Nc1nccnc1Cl. The average molecular weight is 214 g/mol. The molecule has 4 heteroatoms. The molecule has 0 spiro atoms. The van der Waals surface area contributed by atoms with E-state index in [2.05, 4.69) is 36.1 Å². The third-order valence-corrected chi connectivity index (χ3v) is 2.14. The minimum Gasteiger partial charge on any atom is -0.365 e. The minimum atomic E-state index is 0.365. The highest BCUT2D eigenvalue weighted by atomic mass is 35.5. The Morgan fingerprint density at radius 3 is 2.50 bits per heavy atom. The zero-order valence-corrected chi connectivity index (χ0v) is 9.54. The minimum absolute atomic E-state index is 0.365. The summed E-state index contributed by atoms with van der Waals surface area (Å²) in [4.78, 5) is 8.07. The maximum absolute atomic E-state index is 5.87. The van der Waals surface area contributed by atoms with Crippen molar-refractivity contribution in [3.8, 4) is 0 Å². The summed E-state index contributed by atoms with van der Waals surface area (Å²) in [6.45, 7) is 6.50. The predicted molar refractivity (Wildman–Crippen MR) is 59.6 cm³/mol. The molecule has 0 aromatic carbocycles. The van der Waals surface area contributed by atoms with Crippen LogP contribution in [-0.4, -0.2) is 16.0 Å². The number of nitrogens with zero attached hydrogens (tertiary/aromatic N) is 2. The third-order valence-electron chi connectivity index (χ3n) is 1.86. The summed E-state index contributed by atoms with van der Waals surface area (Å²) in [5.41, 5.74) is 0. The quantitative estimate of drug-likeness (QED) is 0.836. The highest BCUT2D eigenvalue weighted by molar-refractivity contribution is 6.31. The van der Waals surface area contributed by atoms with Crippen LogP contribution in [-0.2, 0) is 0 Å². The van der Waals surface area contributed by atoms with E-state index in [9.17, 15) is 0 Å². The van der Waals surface area contributed by atoms with Crippen LogP contribution >= 0.6 is 11.6 Å². The fraction of sp³-hybridized carbons (Fsp3) is 0.600. The largest absolute Gasteiger partial charge is 0.365 e. The molecule has 0 radical (unpaired) electrons. The molecule has 1 aromatic rings. The van der Waals surface area contributed by atoms with Crippen LogP contribution in [0.15, 0.2) is 12.4 Å². The van der Waals surface area contributed by atoms with Gasteiger partial charge in [-0.3, -0.25) is 0 Å². The topological polar surface area (TPSA) is 37.8 Å². The fourth-order valence-electron chi connectivity index (χ4n) is 1.42. The van der Waals surface area contributed by atoms with Crippen molar-refractivity contribution >= 4 is 17.4 Å². The van der Waals surface area contributed by atoms with Gasteiger partial charge in [0.15, 0.2) is 11.0 Å². The van der Waals surface area contributed by atoms with Gasteiger partial charge in [0.1, 0.15) is 0 Å². The second-order valence-corrected chi connectivity index (χ2v) is 4.23. The van der Waals surface area contributed by atoms with Crippen molar-refractivity contribution in [2.75, 3.05) is 5.32 Å². The Kier molecular flexibility index (Phi) is 4.14. The maximum atomic E-state index is 5.87. The zero-order chi connectivity index (χ0) is 10.6. The van der Waals surface area contributed by atoms with Gasteiger partial charge in [-0.2, -0.15) is 0 Å². The van der Waals surface area contributed by atoms with E-state index in [1.807, 2.05) is 0 Å². The van der Waals surface area contributed by atoms with Crippen molar-refractivity contribution in [1.29, 1.82) is 0 Å². The Balaban J connectivity index is 2.56. The molecule has 78 valence electrons. The standard InChI is InChI=1S/C10H16ClN3/c1-7(2)6-8(3)14-10-9(11)12-4-5-13-10/h4-5,7-8H,6H2,1-3H3,(H,13,14). The van der Waals surface area contributed by atoms with Crippen molar-refractivity contribution in [2.45, 2.75) is 33.2 Å². The molecular formula is C10H16ClN3. The summed E-state index contributed by atoms with van der Waals surface area (Å²) in [5, 5.41) is 3.67. The monoisotopic (exact) mass is 213 g/mol. The van der Waals surface area contributed by atoms with Crippen molar-refractivity contribution in [2.24, 2.45) is 5.92 Å². The van der Waals surface area contributed by atoms with Gasteiger partial charge in [0.05, 0.1) is 0 Å². The number of hydrogen-bond donors (Lipinski definition) is 1. The van der Waals surface area contributed by atoms with E-state index in [-0.39, 0.29) is 0 Å². The Morgan fingerprint density at radius 1 is 1.29 bits per heavy atom. The van der Waals surface area contributed by atoms with Crippen LogP contribution in [0.25, 0.3) is 0 Å². The lowest BCUT2D eigenvalue weighted by Crippen LogP contribution is -2.18. The Hall–Kier alpha value is -0.830. The molecule has 0 aliphatic heterocycles. The van der Waals surface area contributed by atoms with Gasteiger partial charge in [0.2, 0.25) is 0 Å². The van der Waals surface area contributed by atoms with Gasteiger partial charge in [-0.25, -0.2) is 9.97 Å². The van der Waals surface area contributed by atoms with Gasteiger partial charge in [-0.15, -0.1) is 0 Å². The van der Waals surface area contributed by atoms with Gasteiger partial charge in [-0.05, 0) is 19.3 Å². The van der Waals surface area contributed by atoms with Gasteiger partial charge in [0, 0.05) is 18.4 Å².